The predicted molar refractivity (Wildman–Crippen MR) is 138 cm³/mol. The van der Waals surface area contributed by atoms with Crippen molar-refractivity contribution in [2.75, 3.05) is 30.8 Å². The van der Waals surface area contributed by atoms with Crippen LogP contribution in [0.3, 0.4) is 0 Å². The van der Waals surface area contributed by atoms with Crippen LogP contribution in [0.1, 0.15) is 28.1 Å². The van der Waals surface area contributed by atoms with Crippen LogP contribution in [0, 0.1) is 6.92 Å². The van der Waals surface area contributed by atoms with Crippen molar-refractivity contribution < 1.29 is 14.3 Å². The predicted octanol–water partition coefficient (Wildman–Crippen LogP) is 5.51. The van der Waals surface area contributed by atoms with Crippen molar-refractivity contribution in [1.29, 1.82) is 0 Å². The zero-order valence-electron chi connectivity index (χ0n) is 19.0. The molecule has 1 atom stereocenters. The van der Waals surface area contributed by atoms with Gasteiger partial charge in [0.25, 0.3) is 5.91 Å². The number of ether oxygens (including phenoxy) is 1. The summed E-state index contributed by atoms with van der Waals surface area (Å²) in [5.74, 6) is 0.514. The third kappa shape index (κ3) is 5.88. The SMILES string of the molecule is COc1ccc(NC(=O)Nc2cc(-c3ccc(Cl)cc3)sc2C(=O)N[C@H]2CCCNC2)c(C)c1. The van der Waals surface area contributed by atoms with Gasteiger partial charge in [-0.25, -0.2) is 4.79 Å². The number of piperidine rings is 1. The van der Waals surface area contributed by atoms with Crippen LogP contribution in [0.4, 0.5) is 16.2 Å². The third-order valence-electron chi connectivity index (χ3n) is 5.63. The lowest BCUT2D eigenvalue weighted by atomic mass is 10.1. The summed E-state index contributed by atoms with van der Waals surface area (Å²) in [6.45, 7) is 3.59. The van der Waals surface area contributed by atoms with Gasteiger partial charge < -0.3 is 26.0 Å². The lowest BCUT2D eigenvalue weighted by molar-refractivity contribution is 0.0935. The van der Waals surface area contributed by atoms with E-state index in [1.165, 1.54) is 11.3 Å². The average molecular weight is 499 g/mol. The van der Waals surface area contributed by atoms with Crippen molar-refractivity contribution in [2.45, 2.75) is 25.8 Å². The molecule has 1 aromatic heterocycles. The molecule has 178 valence electrons. The Morgan fingerprint density at radius 2 is 1.85 bits per heavy atom. The number of aryl methyl sites for hydroxylation is 1. The van der Waals surface area contributed by atoms with Gasteiger partial charge in [0.05, 0.1) is 12.8 Å². The lowest BCUT2D eigenvalue weighted by Gasteiger charge is -2.23. The molecule has 3 aromatic rings. The lowest BCUT2D eigenvalue weighted by Crippen LogP contribution is -2.45. The van der Waals surface area contributed by atoms with E-state index < -0.39 is 6.03 Å². The Balaban J connectivity index is 1.56. The molecule has 1 aliphatic rings. The number of hydrogen-bond donors (Lipinski definition) is 4. The van der Waals surface area contributed by atoms with Crippen molar-refractivity contribution in [3.8, 4) is 16.2 Å². The van der Waals surface area contributed by atoms with E-state index in [1.807, 2.05) is 31.2 Å². The van der Waals surface area contributed by atoms with Crippen LogP contribution in [0.15, 0.2) is 48.5 Å². The summed E-state index contributed by atoms with van der Waals surface area (Å²) in [7, 11) is 1.60. The summed E-state index contributed by atoms with van der Waals surface area (Å²) in [5, 5.41) is 12.7. The number of halogens is 1. The van der Waals surface area contributed by atoms with E-state index in [-0.39, 0.29) is 11.9 Å². The maximum atomic E-state index is 13.2. The Hall–Kier alpha value is -3.07. The second-order valence-corrected chi connectivity index (χ2v) is 9.63. The van der Waals surface area contributed by atoms with Crippen LogP contribution in [0.2, 0.25) is 5.02 Å². The van der Waals surface area contributed by atoms with E-state index >= 15 is 0 Å². The maximum absolute atomic E-state index is 13.2. The second kappa shape index (κ2) is 10.9. The Kier molecular flexibility index (Phi) is 7.72. The van der Waals surface area contributed by atoms with Gasteiger partial charge >= 0.3 is 6.03 Å². The first kappa shape index (κ1) is 24.1. The van der Waals surface area contributed by atoms with Crippen molar-refractivity contribution in [3.05, 3.63) is 64.0 Å². The molecule has 0 radical (unpaired) electrons. The van der Waals surface area contributed by atoms with Crippen molar-refractivity contribution >= 4 is 46.3 Å². The van der Waals surface area contributed by atoms with Gasteiger partial charge in [-0.15, -0.1) is 11.3 Å². The fraction of sp³-hybridized carbons (Fsp3) is 0.280. The molecule has 1 aliphatic heterocycles. The number of benzene rings is 2. The van der Waals surface area contributed by atoms with Crippen LogP contribution in [-0.2, 0) is 0 Å². The van der Waals surface area contributed by atoms with Gasteiger partial charge in [-0.3, -0.25) is 4.79 Å². The highest BCUT2D eigenvalue weighted by atomic mass is 35.5. The molecule has 1 fully saturated rings. The van der Waals surface area contributed by atoms with Crippen LogP contribution in [0.5, 0.6) is 5.75 Å². The highest BCUT2D eigenvalue weighted by Crippen LogP contribution is 2.36. The largest absolute Gasteiger partial charge is 0.497 e. The number of urea groups is 1. The van der Waals surface area contributed by atoms with Crippen molar-refractivity contribution in [3.63, 3.8) is 0 Å². The number of methoxy groups -OCH3 is 1. The number of hydrogen-bond acceptors (Lipinski definition) is 5. The number of anilines is 2. The first-order chi connectivity index (χ1) is 16.4. The number of thiophene rings is 1. The quantitative estimate of drug-likeness (QED) is 0.360. The minimum atomic E-state index is -0.429. The summed E-state index contributed by atoms with van der Waals surface area (Å²) in [6.07, 6.45) is 1.94. The molecule has 3 amide bonds. The summed E-state index contributed by atoms with van der Waals surface area (Å²) in [6, 6.07) is 14.3. The zero-order valence-corrected chi connectivity index (χ0v) is 20.6. The molecule has 4 N–H and O–H groups in total. The van der Waals surface area contributed by atoms with Crippen LogP contribution >= 0.6 is 22.9 Å². The highest BCUT2D eigenvalue weighted by molar-refractivity contribution is 7.18. The smallest absolute Gasteiger partial charge is 0.323 e. The summed E-state index contributed by atoms with van der Waals surface area (Å²) < 4.78 is 5.22. The van der Waals surface area contributed by atoms with E-state index in [9.17, 15) is 9.59 Å². The number of carbonyl (C=O) groups excluding carboxylic acids is 2. The molecule has 4 rings (SSSR count). The molecule has 2 aromatic carbocycles. The average Bonchev–Trinajstić information content (AvgIpc) is 3.25. The zero-order chi connectivity index (χ0) is 24.1. The van der Waals surface area contributed by atoms with Crippen molar-refractivity contribution in [1.82, 2.24) is 10.6 Å². The molecule has 0 unspecified atom stereocenters. The van der Waals surface area contributed by atoms with Gasteiger partial charge in [-0.1, -0.05) is 23.7 Å². The summed E-state index contributed by atoms with van der Waals surface area (Å²) >= 11 is 7.37. The van der Waals surface area contributed by atoms with E-state index in [0.29, 0.717) is 27.0 Å². The second-order valence-electron chi connectivity index (χ2n) is 8.14. The summed E-state index contributed by atoms with van der Waals surface area (Å²) in [5.41, 5.74) is 2.90. The molecular formula is C25H27ClN4O3S. The molecule has 2 heterocycles. The molecule has 7 nitrogen and oxygen atoms in total. The topological polar surface area (TPSA) is 91.5 Å². The number of amides is 3. The first-order valence-electron chi connectivity index (χ1n) is 11.1. The van der Waals surface area contributed by atoms with Crippen LogP contribution < -0.4 is 26.0 Å². The van der Waals surface area contributed by atoms with E-state index in [0.717, 1.165) is 41.9 Å². The normalized spacial score (nSPS) is 15.4. The maximum Gasteiger partial charge on any atom is 0.323 e. The fourth-order valence-electron chi connectivity index (χ4n) is 3.81. The van der Waals surface area contributed by atoms with Gasteiger partial charge in [0.1, 0.15) is 10.6 Å². The van der Waals surface area contributed by atoms with Crippen LogP contribution in [0.25, 0.3) is 10.4 Å². The standard InChI is InChI=1S/C25H27ClN4O3S/c1-15-12-19(33-2)9-10-20(15)29-25(32)30-21-13-22(16-5-7-17(26)8-6-16)34-23(21)24(31)28-18-4-3-11-27-14-18/h5-10,12-13,18,27H,3-4,11,14H2,1-2H3,(H,28,31)(H2,29,30,32)/t18-/m0/s1. The number of carbonyl (C=O) groups is 2. The molecular weight excluding hydrogens is 472 g/mol. The monoisotopic (exact) mass is 498 g/mol. The minimum absolute atomic E-state index is 0.0611. The molecule has 0 bridgehead atoms. The number of rotatable bonds is 6. The van der Waals surface area contributed by atoms with Crippen LogP contribution in [-0.4, -0.2) is 38.2 Å². The Morgan fingerprint density at radius 3 is 2.53 bits per heavy atom. The van der Waals surface area contributed by atoms with Gasteiger partial charge in [0.15, 0.2) is 0 Å². The first-order valence-corrected chi connectivity index (χ1v) is 12.3. The highest BCUT2D eigenvalue weighted by Gasteiger charge is 2.22. The Labute approximate surface area is 207 Å². The van der Waals surface area contributed by atoms with Gasteiger partial charge in [0.2, 0.25) is 0 Å². The van der Waals surface area contributed by atoms with E-state index in [1.54, 1.807) is 31.4 Å². The minimum Gasteiger partial charge on any atom is -0.497 e. The van der Waals surface area contributed by atoms with Gasteiger partial charge in [-0.2, -0.15) is 0 Å². The van der Waals surface area contributed by atoms with E-state index in [2.05, 4.69) is 21.3 Å². The molecule has 34 heavy (non-hydrogen) atoms. The van der Waals surface area contributed by atoms with E-state index in [4.69, 9.17) is 16.3 Å². The van der Waals surface area contributed by atoms with Gasteiger partial charge in [-0.05, 0) is 73.8 Å². The fourth-order valence-corrected chi connectivity index (χ4v) is 4.96. The Bertz CT molecular complexity index is 1170. The molecule has 0 saturated carbocycles. The molecule has 0 aliphatic carbocycles. The molecule has 9 heteroatoms. The Morgan fingerprint density at radius 1 is 1.09 bits per heavy atom. The third-order valence-corrected chi connectivity index (χ3v) is 7.06. The van der Waals surface area contributed by atoms with Gasteiger partial charge in [0, 0.05) is 28.2 Å². The number of nitrogens with one attached hydrogen (secondary N) is 4. The van der Waals surface area contributed by atoms with Crippen molar-refractivity contribution in [2.24, 2.45) is 0 Å². The molecule has 1 saturated heterocycles. The molecule has 0 spiro atoms. The summed E-state index contributed by atoms with van der Waals surface area (Å²) in [4.78, 5) is 27.3.